The maximum atomic E-state index is 3.74. The molecule has 1 aliphatic rings. The first-order valence-electron chi connectivity index (χ1n) is 7.83. The van der Waals surface area contributed by atoms with Crippen LogP contribution in [0.15, 0.2) is 18.2 Å². The molecule has 2 rings (SSSR count). The van der Waals surface area contributed by atoms with Crippen molar-refractivity contribution in [1.29, 1.82) is 0 Å². The van der Waals surface area contributed by atoms with Gasteiger partial charge in [0.15, 0.2) is 0 Å². The highest BCUT2D eigenvalue weighted by Gasteiger charge is 2.50. The summed E-state index contributed by atoms with van der Waals surface area (Å²) < 4.78 is 0. The second kappa shape index (κ2) is 5.66. The van der Waals surface area contributed by atoms with Gasteiger partial charge in [0.1, 0.15) is 0 Å². The van der Waals surface area contributed by atoms with Gasteiger partial charge in [-0.15, -0.1) is 0 Å². The van der Waals surface area contributed by atoms with Gasteiger partial charge in [-0.2, -0.15) is 0 Å². The molecule has 0 heterocycles. The Morgan fingerprint density at radius 1 is 1.21 bits per heavy atom. The Labute approximate surface area is 118 Å². The van der Waals surface area contributed by atoms with Crippen LogP contribution in [0.3, 0.4) is 0 Å². The largest absolute Gasteiger partial charge is 0.313 e. The Morgan fingerprint density at radius 2 is 1.95 bits per heavy atom. The summed E-state index contributed by atoms with van der Waals surface area (Å²) in [5.74, 6) is 0.728. The van der Waals surface area contributed by atoms with Crippen LogP contribution in [0.4, 0.5) is 0 Å². The van der Waals surface area contributed by atoms with E-state index in [2.05, 4.69) is 58.1 Å². The average Bonchev–Trinajstić information content (AvgIpc) is 2.40. The molecule has 3 atom stereocenters. The van der Waals surface area contributed by atoms with E-state index in [-0.39, 0.29) is 0 Å². The molecule has 1 N–H and O–H groups in total. The van der Waals surface area contributed by atoms with Gasteiger partial charge in [0.05, 0.1) is 0 Å². The summed E-state index contributed by atoms with van der Waals surface area (Å²) in [5.41, 5.74) is 4.81. The fourth-order valence-corrected chi connectivity index (χ4v) is 3.48. The van der Waals surface area contributed by atoms with Gasteiger partial charge in [0.25, 0.3) is 0 Å². The summed E-state index contributed by atoms with van der Waals surface area (Å²) in [6, 6.07) is 7.73. The molecule has 3 unspecified atom stereocenters. The van der Waals surface area contributed by atoms with Crippen LogP contribution < -0.4 is 5.32 Å². The lowest BCUT2D eigenvalue weighted by Gasteiger charge is -2.55. The summed E-state index contributed by atoms with van der Waals surface area (Å²) in [6.45, 7) is 12.6. The summed E-state index contributed by atoms with van der Waals surface area (Å²) in [7, 11) is 0. The van der Waals surface area contributed by atoms with E-state index >= 15 is 0 Å². The molecule has 106 valence electrons. The maximum absolute atomic E-state index is 3.74. The number of hydrogen-bond acceptors (Lipinski definition) is 1. The minimum absolute atomic E-state index is 0.427. The molecule has 1 nitrogen and oxygen atoms in total. The van der Waals surface area contributed by atoms with Gasteiger partial charge in [-0.3, -0.25) is 0 Å². The van der Waals surface area contributed by atoms with E-state index < -0.39 is 0 Å². The van der Waals surface area contributed by atoms with Crippen LogP contribution in [0, 0.1) is 19.3 Å². The van der Waals surface area contributed by atoms with Crippen LogP contribution in [0.25, 0.3) is 0 Å². The van der Waals surface area contributed by atoms with Gasteiger partial charge in [0, 0.05) is 6.04 Å². The molecule has 0 amide bonds. The topological polar surface area (TPSA) is 12.0 Å². The molecule has 0 aliphatic heterocycles. The lowest BCUT2D eigenvalue weighted by Crippen LogP contribution is -2.56. The van der Waals surface area contributed by atoms with Crippen molar-refractivity contribution >= 4 is 0 Å². The lowest BCUT2D eigenvalue weighted by atomic mass is 9.54. The molecule has 1 aromatic rings. The quantitative estimate of drug-likeness (QED) is 0.816. The zero-order chi connectivity index (χ0) is 14.0. The molecular weight excluding hydrogens is 230 g/mol. The van der Waals surface area contributed by atoms with Gasteiger partial charge in [-0.1, -0.05) is 39.0 Å². The highest BCUT2D eigenvalue weighted by Crippen LogP contribution is 2.55. The van der Waals surface area contributed by atoms with Crippen molar-refractivity contribution in [2.75, 3.05) is 6.54 Å². The van der Waals surface area contributed by atoms with Crippen LogP contribution in [0.1, 0.15) is 62.6 Å². The molecule has 1 aromatic carbocycles. The Bertz CT molecular complexity index is 437. The van der Waals surface area contributed by atoms with Gasteiger partial charge in [0.2, 0.25) is 0 Å². The van der Waals surface area contributed by atoms with Crippen molar-refractivity contribution in [3.05, 3.63) is 34.9 Å². The normalized spacial score (nSPS) is 30.2. The van der Waals surface area contributed by atoms with Crippen LogP contribution in [-0.4, -0.2) is 12.6 Å². The summed E-state index contributed by atoms with van der Waals surface area (Å²) in [5, 5.41) is 3.74. The van der Waals surface area contributed by atoms with Crippen LogP contribution in [0.2, 0.25) is 0 Å². The van der Waals surface area contributed by atoms with Crippen molar-refractivity contribution < 1.29 is 0 Å². The predicted molar refractivity (Wildman–Crippen MR) is 83.8 cm³/mol. The molecule has 0 spiro atoms. The highest BCUT2D eigenvalue weighted by atomic mass is 15.0. The molecular formula is C18H29N. The van der Waals surface area contributed by atoms with E-state index in [1.165, 1.54) is 30.4 Å². The predicted octanol–water partition coefficient (Wildman–Crippen LogP) is 4.58. The highest BCUT2D eigenvalue weighted by molar-refractivity contribution is 5.35. The molecule has 1 heteroatoms. The monoisotopic (exact) mass is 259 g/mol. The minimum Gasteiger partial charge on any atom is -0.313 e. The van der Waals surface area contributed by atoms with Crippen molar-refractivity contribution in [2.24, 2.45) is 5.41 Å². The standard InChI is InChI=1S/C18H29N/c1-6-10-19-17-12-16(18(17,5)7-2)15-9-8-13(3)14(4)11-15/h8-9,11,16-17,19H,6-7,10,12H2,1-5H3. The zero-order valence-corrected chi connectivity index (χ0v) is 13.2. The smallest absolute Gasteiger partial charge is 0.0133 e. The van der Waals surface area contributed by atoms with Gasteiger partial charge in [-0.05, 0) is 67.7 Å². The van der Waals surface area contributed by atoms with E-state index in [1.807, 2.05) is 0 Å². The summed E-state index contributed by atoms with van der Waals surface area (Å²) in [6.07, 6.45) is 3.78. The summed E-state index contributed by atoms with van der Waals surface area (Å²) in [4.78, 5) is 0. The third-order valence-electron chi connectivity index (χ3n) is 5.40. The maximum Gasteiger partial charge on any atom is 0.0133 e. The third-order valence-corrected chi connectivity index (χ3v) is 5.40. The number of hydrogen-bond donors (Lipinski definition) is 1. The fraction of sp³-hybridized carbons (Fsp3) is 0.667. The molecule has 1 aliphatic carbocycles. The van der Waals surface area contributed by atoms with Crippen molar-refractivity contribution in [1.82, 2.24) is 5.32 Å². The van der Waals surface area contributed by atoms with Crippen LogP contribution >= 0.6 is 0 Å². The Balaban J connectivity index is 2.15. The number of aryl methyl sites for hydroxylation is 2. The van der Waals surface area contributed by atoms with Crippen molar-refractivity contribution in [3.63, 3.8) is 0 Å². The second-order valence-corrected chi connectivity index (χ2v) is 6.50. The Kier molecular flexibility index (Phi) is 4.35. The van der Waals surface area contributed by atoms with Gasteiger partial charge in [-0.25, -0.2) is 0 Å². The van der Waals surface area contributed by atoms with E-state index in [1.54, 1.807) is 5.56 Å². The first-order valence-corrected chi connectivity index (χ1v) is 7.83. The van der Waals surface area contributed by atoms with Gasteiger partial charge < -0.3 is 5.32 Å². The van der Waals surface area contributed by atoms with Crippen LogP contribution in [0.5, 0.6) is 0 Å². The molecule has 1 fully saturated rings. The van der Waals surface area contributed by atoms with E-state index in [4.69, 9.17) is 0 Å². The van der Waals surface area contributed by atoms with E-state index in [0.717, 1.165) is 12.5 Å². The van der Waals surface area contributed by atoms with Crippen molar-refractivity contribution in [3.8, 4) is 0 Å². The number of benzene rings is 1. The molecule has 0 saturated heterocycles. The fourth-order valence-electron chi connectivity index (χ4n) is 3.48. The lowest BCUT2D eigenvalue weighted by molar-refractivity contribution is 0.0445. The zero-order valence-electron chi connectivity index (χ0n) is 13.2. The molecule has 1 saturated carbocycles. The molecule has 19 heavy (non-hydrogen) atoms. The third kappa shape index (κ3) is 2.58. The minimum atomic E-state index is 0.427. The molecule has 0 bridgehead atoms. The second-order valence-electron chi connectivity index (χ2n) is 6.50. The Hall–Kier alpha value is -0.820. The SMILES string of the molecule is CCCNC1CC(c2ccc(C)c(C)c2)C1(C)CC. The van der Waals surface area contributed by atoms with E-state index in [0.29, 0.717) is 11.5 Å². The van der Waals surface area contributed by atoms with Gasteiger partial charge >= 0.3 is 0 Å². The molecule has 0 radical (unpaired) electrons. The number of nitrogens with one attached hydrogen (secondary N) is 1. The molecule has 0 aromatic heterocycles. The van der Waals surface area contributed by atoms with Crippen molar-refractivity contribution in [2.45, 2.75) is 65.8 Å². The first-order chi connectivity index (χ1) is 9.02. The van der Waals surface area contributed by atoms with E-state index in [9.17, 15) is 0 Å². The Morgan fingerprint density at radius 3 is 2.53 bits per heavy atom. The summed E-state index contributed by atoms with van der Waals surface area (Å²) >= 11 is 0. The first kappa shape index (κ1) is 14.6. The van der Waals surface area contributed by atoms with Crippen LogP contribution in [-0.2, 0) is 0 Å². The number of rotatable bonds is 5. The average molecular weight is 259 g/mol.